The quantitative estimate of drug-likeness (QED) is 0.488. The number of carbonyl (C=O) groups is 4. The number of nitrogens with zero attached hydrogens (tertiary/aromatic N) is 1. The maximum Gasteiger partial charge on any atom is 0.408 e. The lowest BCUT2D eigenvalue weighted by atomic mass is 10.0. The van der Waals surface area contributed by atoms with Gasteiger partial charge in [-0.1, -0.05) is 48.0 Å². The van der Waals surface area contributed by atoms with Gasteiger partial charge in [0.1, 0.15) is 17.7 Å². The molecule has 0 heterocycles. The first-order valence-electron chi connectivity index (χ1n) is 11.8. The topological polar surface area (TPSA) is 131 Å². The fourth-order valence-electron chi connectivity index (χ4n) is 3.67. The fraction of sp³-hybridized carbons (Fsp3) is 0.407. The fourth-order valence-corrected chi connectivity index (χ4v) is 3.67. The Morgan fingerprint density at radius 1 is 1.03 bits per heavy atom. The van der Waals surface area contributed by atoms with Crippen LogP contribution in [0.5, 0.6) is 0 Å². The number of likely N-dealkylation sites (N-methyl/N-ethyl adjacent to an activating group) is 1. The SMILES string of the molecule is Cc1cccc(C(C(=O)Nc2ccccc2C)N(C)C(=O)C(CCC(N)=O)NC(=O)OC(C)(C)C)c1. The van der Waals surface area contributed by atoms with Crippen molar-refractivity contribution in [1.82, 2.24) is 10.2 Å². The van der Waals surface area contributed by atoms with Crippen molar-refractivity contribution >= 4 is 29.5 Å². The highest BCUT2D eigenvalue weighted by Crippen LogP contribution is 2.25. The minimum atomic E-state index is -1.13. The summed E-state index contributed by atoms with van der Waals surface area (Å²) in [6.07, 6.45) is -0.988. The molecule has 4 amide bonds. The molecule has 2 rings (SSSR count). The molecule has 0 aliphatic carbocycles. The third-order valence-electron chi connectivity index (χ3n) is 5.41. The van der Waals surface area contributed by atoms with Crippen LogP contribution >= 0.6 is 0 Å². The van der Waals surface area contributed by atoms with Gasteiger partial charge in [-0.25, -0.2) is 4.79 Å². The van der Waals surface area contributed by atoms with Gasteiger partial charge in [-0.2, -0.15) is 0 Å². The van der Waals surface area contributed by atoms with Crippen molar-refractivity contribution in [3.05, 3.63) is 65.2 Å². The molecule has 0 fully saturated rings. The van der Waals surface area contributed by atoms with Crippen LogP contribution in [0.2, 0.25) is 0 Å². The molecule has 0 aromatic heterocycles. The second kappa shape index (κ2) is 12.2. The molecule has 0 aliphatic rings. The molecule has 4 N–H and O–H groups in total. The molecule has 0 spiro atoms. The van der Waals surface area contributed by atoms with Gasteiger partial charge in [-0.05, 0) is 58.2 Å². The van der Waals surface area contributed by atoms with E-state index in [0.29, 0.717) is 11.3 Å². The number of carbonyl (C=O) groups excluding carboxylic acids is 4. The van der Waals surface area contributed by atoms with Crippen LogP contribution < -0.4 is 16.4 Å². The number of hydrogen-bond donors (Lipinski definition) is 3. The van der Waals surface area contributed by atoms with E-state index in [4.69, 9.17) is 10.5 Å². The van der Waals surface area contributed by atoms with Gasteiger partial charge in [-0.15, -0.1) is 0 Å². The van der Waals surface area contributed by atoms with Gasteiger partial charge in [-0.3, -0.25) is 14.4 Å². The molecule has 0 bridgehead atoms. The second-order valence-electron chi connectivity index (χ2n) is 9.77. The van der Waals surface area contributed by atoms with Crippen molar-refractivity contribution in [3.8, 4) is 0 Å². The molecular weight excluding hydrogens is 460 g/mol. The van der Waals surface area contributed by atoms with Crippen LogP contribution in [0.3, 0.4) is 0 Å². The van der Waals surface area contributed by atoms with Crippen LogP contribution in [0.15, 0.2) is 48.5 Å². The number of nitrogens with two attached hydrogens (primary N) is 1. The summed E-state index contributed by atoms with van der Waals surface area (Å²) >= 11 is 0. The Balaban J connectivity index is 2.39. The number of ether oxygens (including phenoxy) is 1. The monoisotopic (exact) mass is 496 g/mol. The Bertz CT molecular complexity index is 1110. The Labute approximate surface area is 212 Å². The zero-order valence-corrected chi connectivity index (χ0v) is 21.8. The van der Waals surface area contributed by atoms with Gasteiger partial charge in [0.05, 0.1) is 0 Å². The highest BCUT2D eigenvalue weighted by atomic mass is 16.6. The molecule has 2 aromatic carbocycles. The van der Waals surface area contributed by atoms with Crippen LogP contribution in [0.1, 0.15) is 56.3 Å². The summed E-state index contributed by atoms with van der Waals surface area (Å²) in [6.45, 7) is 8.85. The number of benzene rings is 2. The third kappa shape index (κ3) is 8.41. The molecule has 2 unspecified atom stereocenters. The van der Waals surface area contributed by atoms with Gasteiger partial charge in [0.25, 0.3) is 5.91 Å². The molecule has 194 valence electrons. The van der Waals surface area contributed by atoms with E-state index in [1.54, 1.807) is 39.0 Å². The standard InChI is InChI=1S/C27H36N4O5/c1-17-10-9-12-19(16-17)23(24(33)29-20-13-8-7-11-18(20)2)31(6)25(34)21(14-15-22(28)32)30-26(35)36-27(3,4)5/h7-13,16,21,23H,14-15H2,1-6H3,(H2,28,32)(H,29,33)(H,30,35). The van der Waals surface area contributed by atoms with E-state index in [9.17, 15) is 19.2 Å². The predicted octanol–water partition coefficient (Wildman–Crippen LogP) is 3.60. The Hall–Kier alpha value is -3.88. The third-order valence-corrected chi connectivity index (χ3v) is 5.41. The smallest absolute Gasteiger partial charge is 0.408 e. The first-order valence-corrected chi connectivity index (χ1v) is 11.8. The largest absolute Gasteiger partial charge is 0.444 e. The van der Waals surface area contributed by atoms with E-state index < -0.39 is 41.5 Å². The Morgan fingerprint density at radius 2 is 1.69 bits per heavy atom. The van der Waals surface area contributed by atoms with Gasteiger partial charge < -0.3 is 26.0 Å². The molecular formula is C27H36N4O5. The van der Waals surface area contributed by atoms with Crippen LogP contribution in [0.25, 0.3) is 0 Å². The highest BCUT2D eigenvalue weighted by molar-refractivity contribution is 5.99. The van der Waals surface area contributed by atoms with Crippen molar-refractivity contribution in [3.63, 3.8) is 0 Å². The molecule has 9 nitrogen and oxygen atoms in total. The summed E-state index contributed by atoms with van der Waals surface area (Å²) in [4.78, 5) is 52.3. The Kier molecular flexibility index (Phi) is 9.60. The van der Waals surface area contributed by atoms with E-state index in [0.717, 1.165) is 11.1 Å². The summed E-state index contributed by atoms with van der Waals surface area (Å²) in [5.41, 5.74) is 7.51. The number of alkyl carbamates (subject to hydrolysis) is 1. The summed E-state index contributed by atoms with van der Waals surface area (Å²) in [5, 5.41) is 5.44. The minimum Gasteiger partial charge on any atom is -0.444 e. The first kappa shape index (κ1) is 28.4. The lowest BCUT2D eigenvalue weighted by Gasteiger charge is -2.32. The molecule has 0 saturated carbocycles. The summed E-state index contributed by atoms with van der Waals surface area (Å²) in [5.74, 6) is -1.60. The van der Waals surface area contributed by atoms with Crippen molar-refractivity contribution in [1.29, 1.82) is 0 Å². The predicted molar refractivity (Wildman–Crippen MR) is 138 cm³/mol. The summed E-state index contributed by atoms with van der Waals surface area (Å²) < 4.78 is 5.29. The van der Waals surface area contributed by atoms with Gasteiger partial charge >= 0.3 is 6.09 Å². The molecule has 0 radical (unpaired) electrons. The van der Waals surface area contributed by atoms with E-state index >= 15 is 0 Å². The number of aryl methyl sites for hydroxylation is 2. The normalized spacial score (nSPS) is 12.7. The second-order valence-corrected chi connectivity index (χ2v) is 9.77. The first-order chi connectivity index (χ1) is 16.8. The van der Waals surface area contributed by atoms with Crippen molar-refractivity contribution in [2.45, 2.75) is 65.1 Å². The number of primary amides is 1. The van der Waals surface area contributed by atoms with Crippen LogP contribution in [0.4, 0.5) is 10.5 Å². The van der Waals surface area contributed by atoms with Crippen molar-refractivity contribution < 1.29 is 23.9 Å². The van der Waals surface area contributed by atoms with Gasteiger partial charge in [0, 0.05) is 19.2 Å². The maximum atomic E-state index is 13.6. The number of nitrogens with one attached hydrogen (secondary N) is 2. The van der Waals surface area contributed by atoms with Crippen LogP contribution in [0, 0.1) is 13.8 Å². The number of rotatable bonds is 9. The maximum absolute atomic E-state index is 13.6. The lowest BCUT2D eigenvalue weighted by Crippen LogP contribution is -2.51. The molecule has 0 aliphatic heterocycles. The van der Waals surface area contributed by atoms with Crippen molar-refractivity contribution in [2.75, 3.05) is 12.4 Å². The number of anilines is 1. The zero-order chi connectivity index (χ0) is 27.0. The lowest BCUT2D eigenvalue weighted by molar-refractivity contribution is -0.139. The highest BCUT2D eigenvalue weighted by Gasteiger charge is 2.34. The average Bonchev–Trinajstić information content (AvgIpc) is 2.76. The van der Waals surface area contributed by atoms with Gasteiger partial charge in [0.15, 0.2) is 0 Å². The number of hydrogen-bond acceptors (Lipinski definition) is 5. The molecule has 9 heteroatoms. The minimum absolute atomic E-state index is 0.0439. The summed E-state index contributed by atoms with van der Waals surface area (Å²) in [7, 11) is 1.49. The zero-order valence-electron chi connectivity index (χ0n) is 21.8. The van der Waals surface area contributed by atoms with Gasteiger partial charge in [0.2, 0.25) is 11.8 Å². The van der Waals surface area contributed by atoms with Crippen LogP contribution in [-0.2, 0) is 19.1 Å². The molecule has 2 atom stereocenters. The molecule has 2 aromatic rings. The Morgan fingerprint density at radius 3 is 2.28 bits per heavy atom. The molecule has 36 heavy (non-hydrogen) atoms. The van der Waals surface area contributed by atoms with Crippen LogP contribution in [-0.4, -0.2) is 47.4 Å². The number of para-hydroxylation sites is 1. The van der Waals surface area contributed by atoms with E-state index in [1.165, 1.54) is 11.9 Å². The number of amides is 4. The van der Waals surface area contributed by atoms with E-state index in [1.807, 2.05) is 44.2 Å². The van der Waals surface area contributed by atoms with E-state index in [-0.39, 0.29) is 12.8 Å². The van der Waals surface area contributed by atoms with E-state index in [2.05, 4.69) is 10.6 Å². The summed E-state index contributed by atoms with van der Waals surface area (Å²) in [6, 6.07) is 12.5. The average molecular weight is 497 g/mol. The molecule has 0 saturated heterocycles. The van der Waals surface area contributed by atoms with Crippen molar-refractivity contribution in [2.24, 2.45) is 5.73 Å².